The monoisotopic (exact) mass is 455 g/mol. The average molecular weight is 456 g/mol. The van der Waals surface area contributed by atoms with Crippen LogP contribution in [0, 0.1) is 12.3 Å². The Bertz CT molecular complexity index is 838. The van der Waals surface area contributed by atoms with Gasteiger partial charge in [-0.25, -0.2) is 0 Å². The van der Waals surface area contributed by atoms with Crippen LogP contribution in [-0.2, 0) is 9.53 Å². The van der Waals surface area contributed by atoms with Crippen LogP contribution in [0.2, 0.25) is 0 Å². The van der Waals surface area contributed by atoms with Crippen LogP contribution in [0.4, 0.5) is 0 Å². The lowest BCUT2D eigenvalue weighted by Gasteiger charge is -2.36. The number of carbonyl (C=O) groups excluding carboxylic acids is 1. The number of nitrogens with one attached hydrogen (secondary N) is 3. The van der Waals surface area contributed by atoms with Gasteiger partial charge >= 0.3 is 0 Å². The highest BCUT2D eigenvalue weighted by Crippen LogP contribution is 2.20. The van der Waals surface area contributed by atoms with E-state index in [4.69, 9.17) is 15.9 Å². The van der Waals surface area contributed by atoms with Gasteiger partial charge in [-0.05, 0) is 44.8 Å². The number of carbonyl (C=O) groups is 1. The van der Waals surface area contributed by atoms with Crippen molar-refractivity contribution in [3.63, 3.8) is 0 Å². The van der Waals surface area contributed by atoms with Crippen LogP contribution in [-0.4, -0.2) is 66.6 Å². The van der Waals surface area contributed by atoms with Gasteiger partial charge in [0.05, 0.1) is 6.54 Å². The number of hydrogen-bond acceptors (Lipinski definition) is 6. The van der Waals surface area contributed by atoms with Gasteiger partial charge in [0.25, 0.3) is 0 Å². The summed E-state index contributed by atoms with van der Waals surface area (Å²) in [5.74, 6) is 0.211. The van der Waals surface area contributed by atoms with Crippen molar-refractivity contribution in [3.8, 4) is 0 Å². The number of nitrogens with two attached hydrogens (primary N) is 1. The number of rotatable bonds is 11. The van der Waals surface area contributed by atoms with Crippen LogP contribution < -0.4 is 16.4 Å². The Morgan fingerprint density at radius 1 is 1.33 bits per heavy atom. The summed E-state index contributed by atoms with van der Waals surface area (Å²) in [6.07, 6.45) is 13.5. The third kappa shape index (κ3) is 7.47. The van der Waals surface area contributed by atoms with Crippen molar-refractivity contribution < 1.29 is 9.53 Å². The SMILES string of the molecule is [CH2-]C(CCC)OC(C)NC1=C(C(=N)N)NC(=O)CN1CC1=CC=C(CN2CCCC2)CC=C1. The lowest BCUT2D eigenvalue weighted by molar-refractivity contribution is -0.122. The van der Waals surface area contributed by atoms with Gasteiger partial charge in [-0.1, -0.05) is 55.7 Å². The van der Waals surface area contributed by atoms with Gasteiger partial charge in [-0.3, -0.25) is 15.1 Å². The number of allylic oxidation sites excluding steroid dienone is 3. The molecule has 1 fully saturated rings. The third-order valence-electron chi connectivity index (χ3n) is 6.01. The van der Waals surface area contributed by atoms with Crippen molar-refractivity contribution in [3.05, 3.63) is 53.9 Å². The minimum atomic E-state index is -0.355. The number of ether oxygens (including phenoxy) is 1. The molecule has 3 aliphatic rings. The summed E-state index contributed by atoms with van der Waals surface area (Å²) in [6.45, 7) is 12.1. The zero-order valence-electron chi connectivity index (χ0n) is 20.0. The number of amidine groups is 1. The average Bonchev–Trinajstić information content (AvgIpc) is 3.16. The van der Waals surface area contributed by atoms with Crippen LogP contribution in [0.15, 0.2) is 47.0 Å². The molecule has 0 aromatic carbocycles. The summed E-state index contributed by atoms with van der Waals surface area (Å²) >= 11 is 0. The fraction of sp³-hybridized carbons (Fsp3) is 0.560. The van der Waals surface area contributed by atoms with Gasteiger partial charge in [0.1, 0.15) is 23.6 Å². The molecule has 0 aromatic rings. The zero-order chi connectivity index (χ0) is 23.8. The lowest BCUT2D eigenvalue weighted by Crippen LogP contribution is -2.52. The van der Waals surface area contributed by atoms with Gasteiger partial charge in [-0.15, -0.1) is 0 Å². The van der Waals surface area contributed by atoms with E-state index >= 15 is 0 Å². The Hall–Kier alpha value is -2.58. The molecule has 8 nitrogen and oxygen atoms in total. The van der Waals surface area contributed by atoms with Gasteiger partial charge < -0.3 is 32.9 Å². The summed E-state index contributed by atoms with van der Waals surface area (Å²) in [5, 5.41) is 14.0. The molecule has 1 aliphatic carbocycles. The van der Waals surface area contributed by atoms with E-state index in [9.17, 15) is 4.79 Å². The van der Waals surface area contributed by atoms with Crippen LogP contribution in [0.5, 0.6) is 0 Å². The van der Waals surface area contributed by atoms with Crippen LogP contribution in [0.3, 0.4) is 0 Å². The predicted molar refractivity (Wildman–Crippen MR) is 132 cm³/mol. The van der Waals surface area contributed by atoms with Gasteiger partial charge in [0.15, 0.2) is 0 Å². The highest BCUT2D eigenvalue weighted by atomic mass is 16.5. The Kier molecular flexibility index (Phi) is 9.14. The first-order chi connectivity index (χ1) is 15.9. The summed E-state index contributed by atoms with van der Waals surface area (Å²) in [4.78, 5) is 16.8. The molecule has 1 saturated heterocycles. The molecular weight excluding hydrogens is 416 g/mol. The topological polar surface area (TPSA) is 107 Å². The molecule has 2 heterocycles. The summed E-state index contributed by atoms with van der Waals surface area (Å²) in [5.41, 5.74) is 8.58. The first-order valence-electron chi connectivity index (χ1n) is 12.0. The van der Waals surface area contributed by atoms with Crippen molar-refractivity contribution in [2.75, 3.05) is 32.7 Å². The molecule has 33 heavy (non-hydrogen) atoms. The van der Waals surface area contributed by atoms with Crippen LogP contribution in [0.25, 0.3) is 0 Å². The molecule has 2 aliphatic heterocycles. The second-order valence-electron chi connectivity index (χ2n) is 9.03. The van der Waals surface area contributed by atoms with Gasteiger partial charge in [0, 0.05) is 13.1 Å². The van der Waals surface area contributed by atoms with E-state index in [2.05, 4.69) is 53.7 Å². The van der Waals surface area contributed by atoms with E-state index in [-0.39, 0.29) is 36.3 Å². The number of likely N-dealkylation sites (tertiary alicyclic amines) is 1. The zero-order valence-corrected chi connectivity index (χ0v) is 20.0. The molecule has 2 atom stereocenters. The number of amides is 1. The molecule has 0 saturated carbocycles. The number of hydrogen-bond donors (Lipinski definition) is 4. The second-order valence-corrected chi connectivity index (χ2v) is 9.03. The Balaban J connectivity index is 1.74. The van der Waals surface area contributed by atoms with E-state index in [1.807, 2.05) is 11.8 Å². The van der Waals surface area contributed by atoms with E-state index in [1.165, 1.54) is 31.5 Å². The van der Waals surface area contributed by atoms with Crippen molar-refractivity contribution >= 4 is 11.7 Å². The van der Waals surface area contributed by atoms with Crippen LogP contribution >= 0.6 is 0 Å². The van der Waals surface area contributed by atoms with Crippen molar-refractivity contribution in [1.82, 2.24) is 20.4 Å². The van der Waals surface area contributed by atoms with Crippen molar-refractivity contribution in [2.45, 2.75) is 58.3 Å². The Morgan fingerprint density at radius 3 is 2.79 bits per heavy atom. The van der Waals surface area contributed by atoms with Crippen molar-refractivity contribution in [1.29, 1.82) is 5.41 Å². The highest BCUT2D eigenvalue weighted by molar-refractivity contribution is 6.00. The van der Waals surface area contributed by atoms with Gasteiger partial charge in [-0.2, -0.15) is 0 Å². The van der Waals surface area contributed by atoms with Crippen molar-refractivity contribution in [2.24, 2.45) is 5.73 Å². The lowest BCUT2D eigenvalue weighted by atomic mass is 10.1. The molecular formula is C25H39N6O2-. The van der Waals surface area contributed by atoms with Gasteiger partial charge in [0.2, 0.25) is 5.91 Å². The predicted octanol–water partition coefficient (Wildman–Crippen LogP) is 2.39. The second kappa shape index (κ2) is 12.0. The largest absolute Gasteiger partial charge is 0.388 e. The maximum atomic E-state index is 12.4. The summed E-state index contributed by atoms with van der Waals surface area (Å²) in [7, 11) is 0. The molecule has 5 N–H and O–H groups in total. The molecule has 8 heteroatoms. The quantitative estimate of drug-likeness (QED) is 0.165. The standard InChI is InChI=1S/C25H39N6O2/c1-4-8-18(2)33-19(3)28-25-23(24(26)27)29-22(32)17-31(25)16-21-10-7-9-20(11-12-21)15-30-13-5-6-14-30/h7,10-12,18-19,28H,2,4-6,8-9,13-17H2,1,3H3,(H3,26,27)(H,29,32)/q-1. The first kappa shape index (κ1) is 25.1. The summed E-state index contributed by atoms with van der Waals surface area (Å²) in [6, 6.07) is 0. The van der Waals surface area contributed by atoms with E-state index in [0.717, 1.165) is 31.4 Å². The summed E-state index contributed by atoms with van der Waals surface area (Å²) < 4.78 is 5.93. The molecule has 0 spiro atoms. The molecule has 182 valence electrons. The maximum Gasteiger partial charge on any atom is 0.244 e. The molecule has 3 rings (SSSR count). The van der Waals surface area contributed by atoms with E-state index in [1.54, 1.807) is 0 Å². The molecule has 0 aromatic heterocycles. The molecule has 0 radical (unpaired) electrons. The fourth-order valence-electron chi connectivity index (χ4n) is 4.43. The Labute approximate surface area is 198 Å². The molecule has 1 amide bonds. The number of nitrogens with zero attached hydrogens (tertiary/aromatic N) is 2. The fourth-order valence-corrected chi connectivity index (χ4v) is 4.43. The third-order valence-corrected chi connectivity index (χ3v) is 6.01. The minimum Gasteiger partial charge on any atom is -0.388 e. The molecule has 0 bridgehead atoms. The van der Waals surface area contributed by atoms with E-state index in [0.29, 0.717) is 12.4 Å². The van der Waals surface area contributed by atoms with Crippen LogP contribution in [0.1, 0.15) is 46.0 Å². The highest BCUT2D eigenvalue weighted by Gasteiger charge is 2.28. The Morgan fingerprint density at radius 2 is 2.09 bits per heavy atom. The minimum absolute atomic E-state index is 0.142. The van der Waals surface area contributed by atoms with E-state index < -0.39 is 0 Å². The molecule has 2 unspecified atom stereocenters. The smallest absolute Gasteiger partial charge is 0.244 e. The first-order valence-corrected chi connectivity index (χ1v) is 12.0. The normalized spacial score (nSPS) is 21.3. The maximum absolute atomic E-state index is 12.4.